The molecule has 0 saturated heterocycles. The zero-order valence-corrected chi connectivity index (χ0v) is 26.7. The molecule has 1 aliphatic carbocycles. The van der Waals surface area contributed by atoms with Gasteiger partial charge in [0.1, 0.15) is 0 Å². The molecule has 0 fully saturated rings. The van der Waals surface area contributed by atoms with Crippen LogP contribution in [0.2, 0.25) is 0 Å². The molecular weight excluding hydrogens is 496 g/mol. The average molecular weight is 565 g/mol. The van der Waals surface area contributed by atoms with Crippen LogP contribution in [-0.4, -0.2) is 23.7 Å². The molecule has 4 unspecified atom stereocenters. The fraction of sp³-hybridized carbons (Fsp3) is 0.889. The third-order valence-electron chi connectivity index (χ3n) is 9.16. The Balaban J connectivity index is 2.71. The summed E-state index contributed by atoms with van der Waals surface area (Å²) in [6, 6.07) is 0. The molecule has 0 radical (unpaired) electrons. The smallest absolute Gasteiger partial charge is 0.0819 e. The van der Waals surface area contributed by atoms with Gasteiger partial charge in [0.2, 0.25) is 0 Å². The predicted molar refractivity (Wildman–Crippen MR) is 172 cm³/mol. The van der Waals surface area contributed by atoms with E-state index >= 15 is 0 Å². The van der Waals surface area contributed by atoms with Crippen LogP contribution >= 0.6 is 0 Å². The minimum absolute atomic E-state index is 0.471. The molecular formula is C36H68O4. The Morgan fingerprint density at radius 2 is 0.975 bits per heavy atom. The Kier molecular flexibility index (Phi) is 26.6. The van der Waals surface area contributed by atoms with Crippen molar-refractivity contribution in [2.45, 2.75) is 168 Å². The van der Waals surface area contributed by atoms with Crippen molar-refractivity contribution < 1.29 is 20.3 Å². The van der Waals surface area contributed by atoms with E-state index in [0.29, 0.717) is 25.0 Å². The van der Waals surface area contributed by atoms with Crippen LogP contribution in [0.25, 0.3) is 0 Å². The highest BCUT2D eigenvalue weighted by Crippen LogP contribution is 2.43. The summed E-state index contributed by atoms with van der Waals surface area (Å²) in [4.78, 5) is 8.39. The second-order valence-corrected chi connectivity index (χ2v) is 12.6. The highest BCUT2D eigenvalue weighted by atomic mass is 17.1. The van der Waals surface area contributed by atoms with E-state index < -0.39 is 0 Å². The van der Waals surface area contributed by atoms with Gasteiger partial charge in [-0.15, -0.1) is 0 Å². The van der Waals surface area contributed by atoms with Crippen LogP contribution in [0.5, 0.6) is 0 Å². The fourth-order valence-electron chi connectivity index (χ4n) is 6.71. The monoisotopic (exact) mass is 565 g/mol. The van der Waals surface area contributed by atoms with Crippen molar-refractivity contribution in [3.05, 3.63) is 24.3 Å². The van der Waals surface area contributed by atoms with Crippen molar-refractivity contribution in [1.29, 1.82) is 0 Å². The van der Waals surface area contributed by atoms with Gasteiger partial charge in [0.25, 0.3) is 0 Å². The van der Waals surface area contributed by atoms with Crippen LogP contribution in [0.4, 0.5) is 0 Å². The van der Waals surface area contributed by atoms with E-state index in [2.05, 4.69) is 47.9 Å². The summed E-state index contributed by atoms with van der Waals surface area (Å²) >= 11 is 0. The van der Waals surface area contributed by atoms with Gasteiger partial charge in [0, 0.05) is 0 Å². The van der Waals surface area contributed by atoms with Crippen molar-refractivity contribution in [3.8, 4) is 0 Å². The van der Waals surface area contributed by atoms with Gasteiger partial charge in [-0.2, -0.15) is 0 Å². The molecule has 0 aromatic rings. The topological polar surface area (TPSA) is 58.9 Å². The zero-order chi connectivity index (χ0) is 28.9. The SMILES string of the molecule is CCCCCCC1C=CC(CCCCCCCCOO)C(C=CCCCCCCCCOO)C1CCCCCC. The minimum Gasteiger partial charge on any atom is -0.252 e. The van der Waals surface area contributed by atoms with Crippen LogP contribution in [0.3, 0.4) is 0 Å². The van der Waals surface area contributed by atoms with E-state index in [1.54, 1.807) is 0 Å². The lowest BCUT2D eigenvalue weighted by Gasteiger charge is -2.39. The molecule has 1 rings (SSSR count). The summed E-state index contributed by atoms with van der Waals surface area (Å²) in [5.41, 5.74) is 0. The maximum atomic E-state index is 8.50. The largest absolute Gasteiger partial charge is 0.252 e. The van der Waals surface area contributed by atoms with Crippen molar-refractivity contribution in [2.75, 3.05) is 13.2 Å². The molecule has 0 aliphatic heterocycles. The summed E-state index contributed by atoms with van der Waals surface area (Å²) in [6.07, 6.45) is 41.4. The fourth-order valence-corrected chi connectivity index (χ4v) is 6.71. The Morgan fingerprint density at radius 1 is 0.525 bits per heavy atom. The van der Waals surface area contributed by atoms with Gasteiger partial charge in [-0.3, -0.25) is 10.5 Å². The quantitative estimate of drug-likeness (QED) is 0.0410. The lowest BCUT2D eigenvalue weighted by molar-refractivity contribution is -0.242. The summed E-state index contributed by atoms with van der Waals surface area (Å²) < 4.78 is 0. The van der Waals surface area contributed by atoms with Gasteiger partial charge >= 0.3 is 0 Å². The van der Waals surface area contributed by atoms with Crippen LogP contribution in [0.1, 0.15) is 168 Å². The third kappa shape index (κ3) is 19.4. The number of rotatable bonds is 29. The number of unbranched alkanes of at least 4 members (excludes halogenated alkanes) is 17. The van der Waals surface area contributed by atoms with Crippen molar-refractivity contribution >= 4 is 0 Å². The standard InChI is InChI=1S/C36H68O4/c1-3-5-7-19-25-33-29-30-34(26-20-15-12-14-18-24-32-40-38)36(35(33)27-21-8-6-4-2)28-22-16-11-9-10-13-17-23-31-39-37/h22,28-30,33-38H,3-21,23-27,31-32H2,1-2H3. The van der Waals surface area contributed by atoms with E-state index in [9.17, 15) is 0 Å². The summed E-state index contributed by atoms with van der Waals surface area (Å²) in [5.74, 6) is 3.00. The molecule has 40 heavy (non-hydrogen) atoms. The Hall–Kier alpha value is -0.680. The Bertz CT molecular complexity index is 575. The van der Waals surface area contributed by atoms with Gasteiger partial charge in [-0.05, 0) is 68.6 Å². The molecule has 0 aromatic heterocycles. The highest BCUT2D eigenvalue weighted by molar-refractivity contribution is 5.10. The zero-order valence-electron chi connectivity index (χ0n) is 26.7. The van der Waals surface area contributed by atoms with Crippen LogP contribution in [0, 0.1) is 23.7 Å². The summed E-state index contributed by atoms with van der Waals surface area (Å²) in [6.45, 7) is 5.59. The average Bonchev–Trinajstić information content (AvgIpc) is 2.97. The predicted octanol–water partition coefficient (Wildman–Crippen LogP) is 12.0. The van der Waals surface area contributed by atoms with Gasteiger partial charge in [0.15, 0.2) is 0 Å². The van der Waals surface area contributed by atoms with E-state index in [4.69, 9.17) is 10.5 Å². The Morgan fingerprint density at radius 3 is 1.55 bits per heavy atom. The number of hydrogen-bond donors (Lipinski definition) is 2. The number of hydrogen-bond acceptors (Lipinski definition) is 4. The first-order valence-electron chi connectivity index (χ1n) is 17.7. The number of allylic oxidation sites excluding steroid dienone is 4. The van der Waals surface area contributed by atoms with Crippen LogP contribution in [0.15, 0.2) is 24.3 Å². The van der Waals surface area contributed by atoms with E-state index in [1.165, 1.54) is 128 Å². The molecule has 4 heteroatoms. The van der Waals surface area contributed by atoms with E-state index in [-0.39, 0.29) is 0 Å². The maximum Gasteiger partial charge on any atom is 0.0819 e. The molecule has 0 heterocycles. The van der Waals surface area contributed by atoms with Crippen LogP contribution in [-0.2, 0) is 9.78 Å². The minimum atomic E-state index is 0.471. The van der Waals surface area contributed by atoms with Gasteiger partial charge in [0.05, 0.1) is 13.2 Å². The molecule has 1 aliphatic rings. The first kappa shape index (κ1) is 37.3. The van der Waals surface area contributed by atoms with E-state index in [0.717, 1.165) is 37.5 Å². The Labute approximate surface area is 249 Å². The van der Waals surface area contributed by atoms with Crippen LogP contribution < -0.4 is 0 Å². The molecule has 0 amide bonds. The molecule has 0 aromatic carbocycles. The third-order valence-corrected chi connectivity index (χ3v) is 9.16. The highest BCUT2D eigenvalue weighted by Gasteiger charge is 2.33. The lowest BCUT2D eigenvalue weighted by Crippen LogP contribution is -2.30. The second kappa shape index (κ2) is 28.4. The van der Waals surface area contributed by atoms with Crippen molar-refractivity contribution in [2.24, 2.45) is 23.7 Å². The molecule has 4 atom stereocenters. The van der Waals surface area contributed by atoms with E-state index in [1.807, 2.05) is 0 Å². The molecule has 0 spiro atoms. The molecule has 0 bridgehead atoms. The molecule has 0 saturated carbocycles. The molecule has 236 valence electrons. The van der Waals surface area contributed by atoms with Gasteiger partial charge < -0.3 is 0 Å². The van der Waals surface area contributed by atoms with Crippen molar-refractivity contribution in [1.82, 2.24) is 0 Å². The molecule has 2 N–H and O–H groups in total. The lowest BCUT2D eigenvalue weighted by atomic mass is 9.66. The normalized spacial score (nSPS) is 21.1. The first-order chi connectivity index (χ1) is 19.8. The van der Waals surface area contributed by atoms with Crippen molar-refractivity contribution in [3.63, 3.8) is 0 Å². The van der Waals surface area contributed by atoms with Gasteiger partial charge in [-0.1, -0.05) is 147 Å². The molecule has 4 nitrogen and oxygen atoms in total. The summed E-state index contributed by atoms with van der Waals surface area (Å²) in [7, 11) is 0. The summed E-state index contributed by atoms with van der Waals surface area (Å²) in [5, 5.41) is 16.9. The first-order valence-corrected chi connectivity index (χ1v) is 17.7. The second-order valence-electron chi connectivity index (χ2n) is 12.6. The maximum absolute atomic E-state index is 8.50. The van der Waals surface area contributed by atoms with Gasteiger partial charge in [-0.25, -0.2) is 9.78 Å².